The predicted molar refractivity (Wildman–Crippen MR) is 135 cm³/mol. The number of amides is 1. The third kappa shape index (κ3) is 6.06. The van der Waals surface area contributed by atoms with E-state index in [0.29, 0.717) is 5.56 Å². The van der Waals surface area contributed by atoms with E-state index < -0.39 is 5.97 Å². The third-order valence-corrected chi connectivity index (χ3v) is 5.76. The van der Waals surface area contributed by atoms with Gasteiger partial charge in [-0.2, -0.15) is 5.10 Å². The fourth-order valence-corrected chi connectivity index (χ4v) is 3.89. The fourth-order valence-electron chi connectivity index (χ4n) is 3.89. The highest BCUT2D eigenvalue weighted by Crippen LogP contribution is 2.27. The first-order valence-corrected chi connectivity index (χ1v) is 11.8. The Kier molecular flexibility index (Phi) is 7.45. The number of aryl methyl sites for hydroxylation is 1. The van der Waals surface area contributed by atoms with Crippen molar-refractivity contribution in [2.45, 2.75) is 39.2 Å². The second-order valence-electron chi connectivity index (χ2n) is 8.55. The maximum absolute atomic E-state index is 12.2. The SMILES string of the molecule is CCCC(Oc1ccc(-n2cc3ccc(C)cc3n2)cc1)c1ccc(C(=O)NCCC(=O)O)cc1. The number of hydrogen-bond acceptors (Lipinski definition) is 4. The highest BCUT2D eigenvalue weighted by molar-refractivity contribution is 5.94. The summed E-state index contributed by atoms with van der Waals surface area (Å²) in [6.07, 6.45) is 3.54. The lowest BCUT2D eigenvalue weighted by Crippen LogP contribution is -2.26. The molecule has 1 amide bonds. The monoisotopic (exact) mass is 471 g/mol. The number of rotatable bonds is 10. The molecule has 180 valence electrons. The summed E-state index contributed by atoms with van der Waals surface area (Å²) in [6.45, 7) is 4.26. The maximum atomic E-state index is 12.2. The van der Waals surface area contributed by atoms with Gasteiger partial charge in [0.15, 0.2) is 0 Å². The molecular formula is C28H29N3O4. The van der Waals surface area contributed by atoms with Crippen LogP contribution in [0.25, 0.3) is 16.6 Å². The quantitative estimate of drug-likeness (QED) is 0.320. The molecule has 0 saturated heterocycles. The molecule has 4 aromatic rings. The molecule has 7 heteroatoms. The number of carbonyl (C=O) groups excluding carboxylic acids is 1. The minimum Gasteiger partial charge on any atom is -0.486 e. The topological polar surface area (TPSA) is 93.5 Å². The van der Waals surface area contributed by atoms with Crippen molar-refractivity contribution in [2.75, 3.05) is 6.54 Å². The van der Waals surface area contributed by atoms with Crippen molar-refractivity contribution < 1.29 is 19.4 Å². The van der Waals surface area contributed by atoms with Crippen LogP contribution in [0.4, 0.5) is 0 Å². The average molecular weight is 472 g/mol. The first-order chi connectivity index (χ1) is 16.9. The van der Waals surface area contributed by atoms with Gasteiger partial charge in [0.2, 0.25) is 0 Å². The maximum Gasteiger partial charge on any atom is 0.305 e. The highest BCUT2D eigenvalue weighted by Gasteiger charge is 2.14. The lowest BCUT2D eigenvalue weighted by molar-refractivity contribution is -0.136. The zero-order valence-corrected chi connectivity index (χ0v) is 19.9. The molecule has 0 aliphatic rings. The van der Waals surface area contributed by atoms with Crippen molar-refractivity contribution in [1.29, 1.82) is 0 Å². The Labute approximate surface area is 204 Å². The number of fused-ring (bicyclic) bond motifs is 1. The Balaban J connectivity index is 1.44. The van der Waals surface area contributed by atoms with E-state index in [9.17, 15) is 9.59 Å². The molecule has 0 aliphatic heterocycles. The van der Waals surface area contributed by atoms with Gasteiger partial charge in [0.05, 0.1) is 17.6 Å². The number of ether oxygens (including phenoxy) is 1. The van der Waals surface area contributed by atoms with Gasteiger partial charge in [0, 0.05) is 23.7 Å². The molecule has 1 atom stereocenters. The van der Waals surface area contributed by atoms with Crippen LogP contribution in [0.1, 0.15) is 53.8 Å². The molecule has 0 saturated carbocycles. The number of carboxylic acid groups (broad SMARTS) is 1. The summed E-state index contributed by atoms with van der Waals surface area (Å²) >= 11 is 0. The number of nitrogens with zero attached hydrogens (tertiary/aromatic N) is 2. The van der Waals surface area contributed by atoms with Crippen LogP contribution in [0.5, 0.6) is 5.75 Å². The van der Waals surface area contributed by atoms with E-state index in [-0.39, 0.29) is 25.0 Å². The zero-order valence-electron chi connectivity index (χ0n) is 19.9. The molecule has 0 radical (unpaired) electrons. The minimum absolute atomic E-state index is 0.0989. The Hall–Kier alpha value is -4.13. The summed E-state index contributed by atoms with van der Waals surface area (Å²) in [5.41, 5.74) is 4.57. The summed E-state index contributed by atoms with van der Waals surface area (Å²) in [4.78, 5) is 22.8. The van der Waals surface area contributed by atoms with Gasteiger partial charge in [-0.1, -0.05) is 37.6 Å². The fraction of sp³-hybridized carbons (Fsp3) is 0.250. The van der Waals surface area contributed by atoms with Gasteiger partial charge in [-0.15, -0.1) is 0 Å². The Morgan fingerprint density at radius 3 is 2.49 bits per heavy atom. The molecule has 1 aromatic heterocycles. The number of nitrogens with one attached hydrogen (secondary N) is 1. The van der Waals surface area contributed by atoms with Crippen molar-refractivity contribution in [2.24, 2.45) is 0 Å². The van der Waals surface area contributed by atoms with Crippen LogP contribution in [0.3, 0.4) is 0 Å². The predicted octanol–water partition coefficient (Wildman–Crippen LogP) is 5.46. The molecule has 7 nitrogen and oxygen atoms in total. The molecule has 2 N–H and O–H groups in total. The van der Waals surface area contributed by atoms with Crippen LogP contribution in [0.15, 0.2) is 72.9 Å². The standard InChI is InChI=1S/C28H29N3O4/c1-3-4-26(20-7-9-21(10-8-20)28(34)29-16-15-27(32)33)35-24-13-11-23(12-14-24)31-18-22-6-5-19(2)17-25(22)30-31/h5-14,17-18,26H,3-4,15-16H2,1-2H3,(H,29,34)(H,32,33). The van der Waals surface area contributed by atoms with Gasteiger partial charge in [-0.3, -0.25) is 9.59 Å². The molecule has 0 bridgehead atoms. The van der Waals surface area contributed by atoms with Crippen molar-refractivity contribution >= 4 is 22.8 Å². The second kappa shape index (κ2) is 10.9. The Bertz CT molecular complexity index is 1310. The summed E-state index contributed by atoms with van der Waals surface area (Å²) in [6, 6.07) is 21.3. The minimum atomic E-state index is -0.943. The van der Waals surface area contributed by atoms with E-state index in [0.717, 1.165) is 40.7 Å². The van der Waals surface area contributed by atoms with Crippen molar-refractivity contribution in [3.8, 4) is 11.4 Å². The van der Waals surface area contributed by atoms with Crippen LogP contribution in [0.2, 0.25) is 0 Å². The molecule has 3 aromatic carbocycles. The van der Waals surface area contributed by atoms with E-state index in [2.05, 4.69) is 42.5 Å². The molecule has 0 fully saturated rings. The summed E-state index contributed by atoms with van der Waals surface area (Å²) in [7, 11) is 0. The smallest absolute Gasteiger partial charge is 0.305 e. The number of benzene rings is 3. The first-order valence-electron chi connectivity index (χ1n) is 11.8. The van der Waals surface area contributed by atoms with Gasteiger partial charge in [-0.25, -0.2) is 4.68 Å². The van der Waals surface area contributed by atoms with E-state index in [1.807, 2.05) is 47.3 Å². The number of carbonyl (C=O) groups is 2. The molecule has 1 unspecified atom stereocenters. The van der Waals surface area contributed by atoms with Gasteiger partial charge in [0.1, 0.15) is 11.9 Å². The van der Waals surface area contributed by atoms with Crippen LogP contribution >= 0.6 is 0 Å². The molecule has 0 spiro atoms. The Morgan fingerprint density at radius 2 is 1.80 bits per heavy atom. The largest absolute Gasteiger partial charge is 0.486 e. The average Bonchev–Trinajstić information content (AvgIpc) is 3.27. The lowest BCUT2D eigenvalue weighted by atomic mass is 10.0. The highest BCUT2D eigenvalue weighted by atomic mass is 16.5. The van der Waals surface area contributed by atoms with Crippen LogP contribution in [-0.2, 0) is 4.79 Å². The first kappa shape index (κ1) is 24.0. The van der Waals surface area contributed by atoms with Gasteiger partial charge >= 0.3 is 5.97 Å². The van der Waals surface area contributed by atoms with Crippen molar-refractivity contribution in [3.63, 3.8) is 0 Å². The van der Waals surface area contributed by atoms with Gasteiger partial charge < -0.3 is 15.2 Å². The molecule has 4 rings (SSSR count). The second-order valence-corrected chi connectivity index (χ2v) is 8.55. The number of carboxylic acids is 1. The zero-order chi connectivity index (χ0) is 24.8. The normalized spacial score (nSPS) is 11.8. The lowest BCUT2D eigenvalue weighted by Gasteiger charge is -2.19. The van der Waals surface area contributed by atoms with E-state index in [1.54, 1.807) is 12.1 Å². The van der Waals surface area contributed by atoms with Crippen LogP contribution < -0.4 is 10.1 Å². The number of aliphatic carboxylic acids is 1. The van der Waals surface area contributed by atoms with Gasteiger partial charge in [-0.05, 0) is 66.9 Å². The number of hydrogen-bond donors (Lipinski definition) is 2. The van der Waals surface area contributed by atoms with Crippen molar-refractivity contribution in [3.05, 3.63) is 89.6 Å². The molecule has 0 aliphatic carbocycles. The third-order valence-electron chi connectivity index (χ3n) is 5.76. The molecule has 1 heterocycles. The van der Waals surface area contributed by atoms with Crippen LogP contribution in [0, 0.1) is 6.92 Å². The van der Waals surface area contributed by atoms with E-state index >= 15 is 0 Å². The molecule has 35 heavy (non-hydrogen) atoms. The molecular weight excluding hydrogens is 442 g/mol. The number of aromatic nitrogens is 2. The van der Waals surface area contributed by atoms with Crippen molar-refractivity contribution in [1.82, 2.24) is 15.1 Å². The summed E-state index contributed by atoms with van der Waals surface area (Å²) in [5.74, 6) is -0.473. The summed E-state index contributed by atoms with van der Waals surface area (Å²) < 4.78 is 8.18. The Morgan fingerprint density at radius 1 is 1.06 bits per heavy atom. The van der Waals surface area contributed by atoms with Gasteiger partial charge in [0.25, 0.3) is 5.91 Å². The van der Waals surface area contributed by atoms with E-state index in [4.69, 9.17) is 9.84 Å². The van der Waals surface area contributed by atoms with E-state index in [1.165, 1.54) is 5.56 Å². The summed E-state index contributed by atoms with van der Waals surface area (Å²) in [5, 5.41) is 17.1. The van der Waals surface area contributed by atoms with Crippen LogP contribution in [-0.4, -0.2) is 33.3 Å².